The highest BCUT2D eigenvalue weighted by molar-refractivity contribution is 7.89. The van der Waals surface area contributed by atoms with Crippen LogP contribution >= 0.6 is 11.6 Å². The van der Waals surface area contributed by atoms with E-state index in [1.54, 1.807) is 32.3 Å². The van der Waals surface area contributed by atoms with Crippen molar-refractivity contribution in [1.82, 2.24) is 9.29 Å². The molecule has 28 heavy (non-hydrogen) atoms. The number of halogens is 1. The fourth-order valence-electron chi connectivity index (χ4n) is 3.11. The maximum absolute atomic E-state index is 12.9. The van der Waals surface area contributed by atoms with Crippen molar-refractivity contribution >= 4 is 33.2 Å². The van der Waals surface area contributed by atoms with E-state index in [0.29, 0.717) is 18.8 Å². The summed E-state index contributed by atoms with van der Waals surface area (Å²) < 4.78 is 27.0. The first-order chi connectivity index (χ1) is 13.2. The second-order valence-corrected chi connectivity index (χ2v) is 9.04. The Balaban J connectivity index is 2.35. The summed E-state index contributed by atoms with van der Waals surface area (Å²) in [5.74, 6) is -0.551. The molecule has 0 aliphatic heterocycles. The highest BCUT2D eigenvalue weighted by atomic mass is 35.5. The molecule has 2 rings (SSSR count). The number of amides is 1. The number of aromatic nitrogens is 1. The Morgan fingerprint density at radius 2 is 1.75 bits per heavy atom. The number of nitrogens with zero attached hydrogens (tertiary/aromatic N) is 2. The first-order valence-corrected chi connectivity index (χ1v) is 11.0. The van der Waals surface area contributed by atoms with Crippen molar-refractivity contribution in [1.29, 1.82) is 0 Å². The third-order valence-corrected chi connectivity index (χ3v) is 7.07. The minimum atomic E-state index is -3.74. The Kier molecular flexibility index (Phi) is 7.57. The van der Waals surface area contributed by atoms with E-state index >= 15 is 0 Å². The Labute approximate surface area is 172 Å². The minimum absolute atomic E-state index is 0.0133. The van der Waals surface area contributed by atoms with Crippen LogP contribution in [0.5, 0.6) is 0 Å². The Bertz CT molecular complexity index is 914. The van der Waals surface area contributed by atoms with Gasteiger partial charge in [0.15, 0.2) is 0 Å². The van der Waals surface area contributed by atoms with Crippen LogP contribution in [0.4, 0.5) is 5.69 Å². The summed E-state index contributed by atoms with van der Waals surface area (Å²) in [6.45, 7) is 8.13. The molecule has 1 atom stereocenters. The number of nitrogens with one attached hydrogen (secondary N) is 1. The predicted octanol–water partition coefficient (Wildman–Crippen LogP) is 4.14. The van der Waals surface area contributed by atoms with Gasteiger partial charge in [-0.1, -0.05) is 39.3 Å². The van der Waals surface area contributed by atoms with Crippen LogP contribution in [0.25, 0.3) is 0 Å². The van der Waals surface area contributed by atoms with Gasteiger partial charge in [0.05, 0.1) is 10.9 Å². The summed E-state index contributed by atoms with van der Waals surface area (Å²) in [6.07, 6.45) is 3.30. The molecule has 6 nitrogen and oxygen atoms in total. The van der Waals surface area contributed by atoms with E-state index in [-0.39, 0.29) is 27.7 Å². The average molecular weight is 424 g/mol. The Morgan fingerprint density at radius 1 is 1.14 bits per heavy atom. The molecule has 1 aromatic carbocycles. The summed E-state index contributed by atoms with van der Waals surface area (Å²) in [5, 5.41) is 2.96. The first-order valence-electron chi connectivity index (χ1n) is 9.22. The molecule has 0 spiro atoms. The molecule has 0 unspecified atom stereocenters. The monoisotopic (exact) mass is 423 g/mol. The summed E-state index contributed by atoms with van der Waals surface area (Å²) in [7, 11) is -3.74. The Morgan fingerprint density at radius 3 is 2.29 bits per heavy atom. The van der Waals surface area contributed by atoms with Crippen LogP contribution < -0.4 is 5.32 Å². The summed E-state index contributed by atoms with van der Waals surface area (Å²) >= 11 is 6.16. The number of hydrogen-bond donors (Lipinski definition) is 1. The minimum Gasteiger partial charge on any atom is -0.326 e. The lowest BCUT2D eigenvalue weighted by molar-refractivity contribution is -0.118. The fourth-order valence-corrected chi connectivity index (χ4v) is 5.07. The van der Waals surface area contributed by atoms with Crippen LogP contribution in [0.3, 0.4) is 0 Å². The summed E-state index contributed by atoms with van der Waals surface area (Å²) in [6, 6.07) is 8.12. The molecule has 0 fully saturated rings. The molecule has 2 aromatic rings. The van der Waals surface area contributed by atoms with Crippen molar-refractivity contribution in [2.75, 3.05) is 18.4 Å². The van der Waals surface area contributed by atoms with Crippen molar-refractivity contribution in [2.24, 2.45) is 5.92 Å². The molecule has 0 aliphatic rings. The van der Waals surface area contributed by atoms with Gasteiger partial charge in [-0.25, -0.2) is 8.42 Å². The van der Waals surface area contributed by atoms with E-state index in [2.05, 4.69) is 10.3 Å². The highest BCUT2D eigenvalue weighted by Gasteiger charge is 2.27. The summed E-state index contributed by atoms with van der Waals surface area (Å²) in [4.78, 5) is 16.9. The van der Waals surface area contributed by atoms with Crippen LogP contribution in [-0.2, 0) is 14.8 Å². The first kappa shape index (κ1) is 22.3. The van der Waals surface area contributed by atoms with E-state index in [4.69, 9.17) is 11.6 Å². The maximum atomic E-state index is 12.9. The third-order valence-electron chi connectivity index (χ3n) is 4.54. The van der Waals surface area contributed by atoms with Gasteiger partial charge in [-0.2, -0.15) is 4.31 Å². The fraction of sp³-hybridized carbons (Fsp3) is 0.400. The molecule has 1 heterocycles. The van der Waals surface area contributed by atoms with Crippen LogP contribution in [0.1, 0.15) is 39.2 Å². The lowest BCUT2D eigenvalue weighted by Crippen LogP contribution is -2.31. The SMILES string of the molecule is CCN(CC)S(=O)(=O)c1cc(NC(=O)[C@@H](c2ccncc2)C(C)C)ccc1Cl. The Hall–Kier alpha value is -1.96. The molecule has 1 N–H and O–H groups in total. The number of sulfonamides is 1. The molecule has 8 heteroatoms. The topological polar surface area (TPSA) is 79.4 Å². The van der Waals surface area contributed by atoms with Gasteiger partial charge in [0.2, 0.25) is 15.9 Å². The molecule has 1 amide bonds. The van der Waals surface area contributed by atoms with Gasteiger partial charge < -0.3 is 5.32 Å². The quantitative estimate of drug-likeness (QED) is 0.691. The zero-order valence-corrected chi connectivity index (χ0v) is 18.1. The van der Waals surface area contributed by atoms with Crippen LogP contribution in [0.2, 0.25) is 5.02 Å². The van der Waals surface area contributed by atoms with Gasteiger partial charge >= 0.3 is 0 Å². The van der Waals surface area contributed by atoms with Gasteiger partial charge in [-0.05, 0) is 41.8 Å². The van der Waals surface area contributed by atoms with Gasteiger partial charge in [0.25, 0.3) is 0 Å². The zero-order valence-electron chi connectivity index (χ0n) is 16.5. The normalized spacial score (nSPS) is 13.0. The molecule has 152 valence electrons. The second kappa shape index (κ2) is 9.49. The van der Waals surface area contributed by atoms with E-state index < -0.39 is 10.0 Å². The number of rotatable bonds is 8. The van der Waals surface area contributed by atoms with Crippen LogP contribution in [-0.4, -0.2) is 36.7 Å². The maximum Gasteiger partial charge on any atom is 0.244 e. The van der Waals surface area contributed by atoms with Gasteiger partial charge in [0.1, 0.15) is 4.90 Å². The van der Waals surface area contributed by atoms with E-state index in [9.17, 15) is 13.2 Å². The molecule has 0 bridgehead atoms. The highest BCUT2D eigenvalue weighted by Crippen LogP contribution is 2.30. The number of pyridine rings is 1. The largest absolute Gasteiger partial charge is 0.326 e. The van der Waals surface area contributed by atoms with Crippen molar-refractivity contribution in [3.63, 3.8) is 0 Å². The number of hydrogen-bond acceptors (Lipinski definition) is 4. The molecular weight excluding hydrogens is 398 g/mol. The summed E-state index contributed by atoms with van der Waals surface area (Å²) in [5.41, 5.74) is 1.24. The predicted molar refractivity (Wildman–Crippen MR) is 112 cm³/mol. The van der Waals surface area contributed by atoms with Crippen LogP contribution in [0.15, 0.2) is 47.6 Å². The van der Waals surface area contributed by atoms with Gasteiger partial charge in [0, 0.05) is 31.2 Å². The number of anilines is 1. The van der Waals surface area contributed by atoms with E-state index in [1.807, 2.05) is 26.0 Å². The van der Waals surface area contributed by atoms with Gasteiger partial charge in [-0.15, -0.1) is 0 Å². The molecule has 0 aliphatic carbocycles. The second-order valence-electron chi connectivity index (χ2n) is 6.73. The smallest absolute Gasteiger partial charge is 0.244 e. The number of carbonyl (C=O) groups is 1. The van der Waals surface area contributed by atoms with Crippen molar-refractivity contribution < 1.29 is 13.2 Å². The third kappa shape index (κ3) is 4.90. The standard InChI is InChI=1S/C20H26ClN3O3S/c1-5-24(6-2)28(26,27)18-13-16(7-8-17(18)21)23-20(25)19(14(3)4)15-9-11-22-12-10-15/h7-14,19H,5-6H2,1-4H3,(H,23,25)/t19-/m1/s1. The molecular formula is C20H26ClN3O3S. The van der Waals surface area contributed by atoms with Crippen LogP contribution in [0, 0.1) is 5.92 Å². The van der Waals surface area contributed by atoms with E-state index in [0.717, 1.165) is 5.56 Å². The lowest BCUT2D eigenvalue weighted by Gasteiger charge is -2.22. The molecule has 0 saturated heterocycles. The van der Waals surface area contributed by atoms with Crippen molar-refractivity contribution in [3.8, 4) is 0 Å². The number of carbonyl (C=O) groups excluding carboxylic acids is 1. The lowest BCUT2D eigenvalue weighted by atomic mass is 9.88. The zero-order chi connectivity index (χ0) is 20.9. The molecule has 0 saturated carbocycles. The molecule has 1 aromatic heterocycles. The van der Waals surface area contributed by atoms with Gasteiger partial charge in [-0.3, -0.25) is 9.78 Å². The average Bonchev–Trinajstić information content (AvgIpc) is 2.64. The molecule has 0 radical (unpaired) electrons. The van der Waals surface area contributed by atoms with E-state index in [1.165, 1.54) is 16.4 Å². The van der Waals surface area contributed by atoms with Crippen molar-refractivity contribution in [2.45, 2.75) is 38.5 Å². The number of benzene rings is 1. The van der Waals surface area contributed by atoms with Crippen molar-refractivity contribution in [3.05, 3.63) is 53.3 Å².